The monoisotopic (exact) mass is 533 g/mol. The number of ether oxygens (including phenoxy) is 2. The number of aromatic nitrogens is 2. The summed E-state index contributed by atoms with van der Waals surface area (Å²) in [5, 5.41) is 7.00. The van der Waals surface area contributed by atoms with Gasteiger partial charge in [0.15, 0.2) is 0 Å². The van der Waals surface area contributed by atoms with E-state index in [-0.39, 0.29) is 29.6 Å². The normalized spacial score (nSPS) is 25.1. The van der Waals surface area contributed by atoms with Crippen LogP contribution in [-0.4, -0.2) is 76.3 Å². The number of nitrogens with zero attached hydrogens (tertiary/aromatic N) is 4. The average molecular weight is 534 g/mol. The minimum absolute atomic E-state index is 0.0425. The quantitative estimate of drug-likeness (QED) is 0.586. The van der Waals surface area contributed by atoms with Gasteiger partial charge >= 0.3 is 0 Å². The number of piperidine rings is 2. The molecule has 1 N–H and O–H groups in total. The maximum atomic E-state index is 13.2. The van der Waals surface area contributed by atoms with E-state index in [1.165, 1.54) is 11.1 Å². The Hall–Kier alpha value is -3.24. The number of carbonyl (C=O) groups excluding carboxylic acids is 3. The fraction of sp³-hybridized carbons (Fsp3) is 0.586. The number of amides is 3. The second kappa shape index (κ2) is 9.75. The molecule has 10 nitrogen and oxygen atoms in total. The molecule has 7 rings (SSSR count). The summed E-state index contributed by atoms with van der Waals surface area (Å²) in [6, 6.07) is 3.37. The van der Waals surface area contributed by atoms with E-state index >= 15 is 0 Å². The van der Waals surface area contributed by atoms with Gasteiger partial charge in [0.25, 0.3) is 5.91 Å². The number of hydrogen-bond donors (Lipinski definition) is 1. The molecule has 1 aromatic carbocycles. The van der Waals surface area contributed by atoms with Crippen molar-refractivity contribution >= 4 is 17.7 Å². The lowest BCUT2D eigenvalue weighted by Gasteiger charge is -2.38. The number of hydrogen-bond acceptors (Lipinski definition) is 7. The summed E-state index contributed by atoms with van der Waals surface area (Å²) in [6.45, 7) is 6.52. The number of nitrogens with one attached hydrogen (secondary N) is 1. The van der Waals surface area contributed by atoms with Crippen LogP contribution in [-0.2, 0) is 39.4 Å². The summed E-state index contributed by atoms with van der Waals surface area (Å²) in [7, 11) is 0. The maximum absolute atomic E-state index is 13.2. The second-order valence-electron chi connectivity index (χ2n) is 11.8. The Bertz CT molecular complexity index is 1310. The van der Waals surface area contributed by atoms with Crippen LogP contribution in [0.4, 0.5) is 0 Å². The van der Waals surface area contributed by atoms with Gasteiger partial charge in [-0.1, -0.05) is 6.07 Å². The molecule has 3 fully saturated rings. The summed E-state index contributed by atoms with van der Waals surface area (Å²) in [5.41, 5.74) is 3.91. The fourth-order valence-electron chi connectivity index (χ4n) is 7.08. The topological polar surface area (TPSA) is 106 Å². The number of fused-ring (bicyclic) bond motifs is 4. The Labute approximate surface area is 227 Å². The third-order valence-corrected chi connectivity index (χ3v) is 9.42. The predicted octanol–water partition coefficient (Wildman–Crippen LogP) is 2.00. The van der Waals surface area contributed by atoms with Crippen molar-refractivity contribution in [3.05, 3.63) is 46.8 Å². The van der Waals surface area contributed by atoms with E-state index in [0.717, 1.165) is 76.4 Å². The van der Waals surface area contributed by atoms with Gasteiger partial charge in [-0.2, -0.15) is 5.10 Å². The largest absolute Gasteiger partial charge is 0.492 e. The van der Waals surface area contributed by atoms with Crippen molar-refractivity contribution in [3.63, 3.8) is 0 Å². The van der Waals surface area contributed by atoms with E-state index in [1.807, 2.05) is 12.3 Å². The van der Waals surface area contributed by atoms with E-state index in [2.05, 4.69) is 32.3 Å². The Morgan fingerprint density at radius 2 is 1.90 bits per heavy atom. The molecule has 0 radical (unpaired) electrons. The van der Waals surface area contributed by atoms with Crippen molar-refractivity contribution in [2.75, 3.05) is 32.9 Å². The summed E-state index contributed by atoms with van der Waals surface area (Å²) in [6.07, 6.45) is 9.04. The van der Waals surface area contributed by atoms with Crippen molar-refractivity contribution in [1.82, 2.24) is 24.9 Å². The molecule has 5 aliphatic rings. The smallest absolute Gasteiger partial charge is 0.255 e. The van der Waals surface area contributed by atoms with E-state index in [0.29, 0.717) is 31.1 Å². The van der Waals surface area contributed by atoms with Crippen LogP contribution in [0.2, 0.25) is 0 Å². The van der Waals surface area contributed by atoms with E-state index in [9.17, 15) is 14.4 Å². The molecule has 10 heteroatoms. The van der Waals surface area contributed by atoms with Gasteiger partial charge in [-0.25, -0.2) is 0 Å². The lowest BCUT2D eigenvalue weighted by Crippen LogP contribution is -2.52. The van der Waals surface area contributed by atoms with Gasteiger partial charge in [0.1, 0.15) is 11.8 Å². The standard InChI is InChI=1S/C29H35N5O5/c35-25-4-3-24(27(36)31-25)34-17-22-21(28(34)37)1-2-23-26(22)39-18-29(23)7-9-32(10-8-29)14-20-13-30-33(16-20)15-19-5-11-38-12-6-19/h1-2,13,16,19,24H,3-12,14-15,17-18H2,(H,31,35,36). The van der Waals surface area contributed by atoms with Crippen LogP contribution in [0, 0.1) is 5.92 Å². The molecule has 206 valence electrons. The number of likely N-dealkylation sites (tertiary alicyclic amines) is 1. The SMILES string of the molecule is O=C1CCC(N2Cc3c(ccc4c3OCC43CCN(Cc4cnn(CC5CCOCC5)c4)CC3)C2=O)C(=O)N1. The number of benzene rings is 1. The average Bonchev–Trinajstić information content (AvgIpc) is 3.63. The zero-order valence-corrected chi connectivity index (χ0v) is 22.2. The van der Waals surface area contributed by atoms with Gasteiger partial charge in [0, 0.05) is 66.6 Å². The zero-order valence-electron chi connectivity index (χ0n) is 22.2. The zero-order chi connectivity index (χ0) is 26.6. The molecular formula is C29H35N5O5. The van der Waals surface area contributed by atoms with Gasteiger partial charge in [0.2, 0.25) is 11.8 Å². The van der Waals surface area contributed by atoms with Crippen LogP contribution in [0.3, 0.4) is 0 Å². The predicted molar refractivity (Wildman–Crippen MR) is 140 cm³/mol. The van der Waals surface area contributed by atoms with E-state index in [1.54, 1.807) is 4.90 Å². The van der Waals surface area contributed by atoms with Gasteiger partial charge in [-0.3, -0.25) is 29.3 Å². The molecule has 1 spiro atoms. The first kappa shape index (κ1) is 24.8. The van der Waals surface area contributed by atoms with Gasteiger partial charge < -0.3 is 14.4 Å². The van der Waals surface area contributed by atoms with Gasteiger partial charge in [-0.15, -0.1) is 0 Å². The van der Waals surface area contributed by atoms with Crippen LogP contribution >= 0.6 is 0 Å². The molecular weight excluding hydrogens is 498 g/mol. The summed E-state index contributed by atoms with van der Waals surface area (Å²) in [5.74, 6) is 0.666. The first-order chi connectivity index (χ1) is 19.0. The van der Waals surface area contributed by atoms with Crippen LogP contribution in [0.5, 0.6) is 5.75 Å². The highest BCUT2D eigenvalue weighted by molar-refractivity contribution is 6.05. The van der Waals surface area contributed by atoms with Gasteiger partial charge in [0.05, 0.1) is 19.3 Å². The first-order valence-electron chi connectivity index (χ1n) is 14.2. The Kier molecular flexibility index (Phi) is 6.19. The molecule has 1 atom stereocenters. The molecule has 6 heterocycles. The highest BCUT2D eigenvalue weighted by Gasteiger charge is 2.47. The molecule has 5 aliphatic heterocycles. The Morgan fingerprint density at radius 3 is 2.69 bits per heavy atom. The molecule has 0 bridgehead atoms. The summed E-state index contributed by atoms with van der Waals surface area (Å²) >= 11 is 0. The number of rotatable bonds is 5. The molecule has 39 heavy (non-hydrogen) atoms. The molecule has 0 aliphatic carbocycles. The first-order valence-corrected chi connectivity index (χ1v) is 14.2. The third kappa shape index (κ3) is 4.43. The number of imide groups is 1. The maximum Gasteiger partial charge on any atom is 0.255 e. The third-order valence-electron chi connectivity index (χ3n) is 9.42. The molecule has 3 amide bonds. The van der Waals surface area contributed by atoms with Crippen molar-refractivity contribution in [2.45, 2.75) is 69.6 Å². The van der Waals surface area contributed by atoms with E-state index in [4.69, 9.17) is 9.47 Å². The highest BCUT2D eigenvalue weighted by atomic mass is 16.5. The minimum atomic E-state index is -0.613. The van der Waals surface area contributed by atoms with Crippen molar-refractivity contribution < 1.29 is 23.9 Å². The van der Waals surface area contributed by atoms with E-state index < -0.39 is 6.04 Å². The van der Waals surface area contributed by atoms with Crippen molar-refractivity contribution in [3.8, 4) is 5.75 Å². The van der Waals surface area contributed by atoms with Crippen LogP contribution in [0.25, 0.3) is 0 Å². The molecule has 1 unspecified atom stereocenters. The number of carbonyl (C=O) groups is 3. The highest BCUT2D eigenvalue weighted by Crippen LogP contribution is 2.49. The molecule has 3 saturated heterocycles. The molecule has 0 saturated carbocycles. The summed E-state index contributed by atoms with van der Waals surface area (Å²) in [4.78, 5) is 41.3. The van der Waals surface area contributed by atoms with Crippen LogP contribution in [0.1, 0.15) is 65.6 Å². The van der Waals surface area contributed by atoms with Crippen molar-refractivity contribution in [1.29, 1.82) is 0 Å². The molecule has 1 aromatic heterocycles. The van der Waals surface area contributed by atoms with Crippen LogP contribution < -0.4 is 10.1 Å². The molecule has 2 aromatic rings. The lowest BCUT2D eigenvalue weighted by molar-refractivity contribution is -0.136. The van der Waals surface area contributed by atoms with Gasteiger partial charge in [-0.05, 0) is 57.2 Å². The Balaban J connectivity index is 1.00. The van der Waals surface area contributed by atoms with Crippen LogP contribution in [0.15, 0.2) is 24.5 Å². The minimum Gasteiger partial charge on any atom is -0.492 e. The Morgan fingerprint density at radius 1 is 1.08 bits per heavy atom. The lowest BCUT2D eigenvalue weighted by atomic mass is 9.74. The van der Waals surface area contributed by atoms with Crippen molar-refractivity contribution in [2.24, 2.45) is 5.92 Å². The second-order valence-corrected chi connectivity index (χ2v) is 11.8. The fourth-order valence-corrected chi connectivity index (χ4v) is 7.08. The summed E-state index contributed by atoms with van der Waals surface area (Å²) < 4.78 is 13.9.